The first-order valence-corrected chi connectivity index (χ1v) is 12.8. The SMILES string of the molecule is COc1ccc(N(Cc2ccnc(-c3ccccc3)c2)C2CCN(C(=O)OC(C)C(C)C)CC2)cc1. The topological polar surface area (TPSA) is 54.9 Å². The third kappa shape index (κ3) is 6.36. The molecule has 36 heavy (non-hydrogen) atoms. The lowest BCUT2D eigenvalue weighted by Gasteiger charge is -2.40. The van der Waals surface area contributed by atoms with Crippen molar-refractivity contribution in [3.8, 4) is 17.0 Å². The van der Waals surface area contributed by atoms with Gasteiger partial charge < -0.3 is 19.3 Å². The predicted molar refractivity (Wildman–Crippen MR) is 144 cm³/mol. The molecule has 6 nitrogen and oxygen atoms in total. The number of piperidine rings is 1. The first kappa shape index (κ1) is 25.5. The maximum atomic E-state index is 12.7. The number of hydrogen-bond acceptors (Lipinski definition) is 5. The lowest BCUT2D eigenvalue weighted by molar-refractivity contribution is 0.0450. The van der Waals surface area contributed by atoms with Crippen LogP contribution in [0.1, 0.15) is 39.2 Å². The highest BCUT2D eigenvalue weighted by Gasteiger charge is 2.29. The summed E-state index contributed by atoms with van der Waals surface area (Å²) in [5, 5.41) is 0. The van der Waals surface area contributed by atoms with Gasteiger partial charge in [0, 0.05) is 43.1 Å². The van der Waals surface area contributed by atoms with Crippen molar-refractivity contribution in [3.05, 3.63) is 78.5 Å². The van der Waals surface area contributed by atoms with Gasteiger partial charge in [-0.1, -0.05) is 44.2 Å². The Labute approximate surface area is 214 Å². The number of pyridine rings is 1. The normalized spacial score (nSPS) is 15.0. The van der Waals surface area contributed by atoms with Crippen molar-refractivity contribution < 1.29 is 14.3 Å². The molecule has 0 saturated carbocycles. The van der Waals surface area contributed by atoms with E-state index in [4.69, 9.17) is 9.47 Å². The van der Waals surface area contributed by atoms with E-state index in [1.54, 1.807) is 7.11 Å². The van der Waals surface area contributed by atoms with Crippen LogP contribution in [-0.4, -0.2) is 48.3 Å². The molecule has 1 unspecified atom stereocenters. The van der Waals surface area contributed by atoms with E-state index in [0.717, 1.165) is 42.1 Å². The lowest BCUT2D eigenvalue weighted by Crippen LogP contribution is -2.47. The third-order valence-corrected chi connectivity index (χ3v) is 7.04. The molecule has 0 radical (unpaired) electrons. The number of carbonyl (C=O) groups is 1. The Kier molecular flexibility index (Phi) is 8.47. The minimum Gasteiger partial charge on any atom is -0.497 e. The number of likely N-dealkylation sites (tertiary alicyclic amines) is 1. The molecular formula is C30H37N3O3. The number of benzene rings is 2. The summed E-state index contributed by atoms with van der Waals surface area (Å²) in [6.45, 7) is 8.23. The molecule has 1 aliphatic rings. The quantitative estimate of drug-likeness (QED) is 0.367. The maximum Gasteiger partial charge on any atom is 0.410 e. The molecule has 190 valence electrons. The number of nitrogens with zero attached hydrogens (tertiary/aromatic N) is 3. The molecule has 6 heteroatoms. The van der Waals surface area contributed by atoms with Gasteiger partial charge in [-0.25, -0.2) is 4.79 Å². The summed E-state index contributed by atoms with van der Waals surface area (Å²) in [5.74, 6) is 1.14. The number of carbonyl (C=O) groups excluding carboxylic acids is 1. The molecular weight excluding hydrogens is 450 g/mol. The second kappa shape index (κ2) is 11.9. The van der Waals surface area contributed by atoms with Crippen molar-refractivity contribution in [3.63, 3.8) is 0 Å². The molecule has 4 rings (SSSR count). The summed E-state index contributed by atoms with van der Waals surface area (Å²) < 4.78 is 11.0. The van der Waals surface area contributed by atoms with Crippen LogP contribution in [-0.2, 0) is 11.3 Å². The van der Waals surface area contributed by atoms with Gasteiger partial charge in [-0.3, -0.25) is 4.98 Å². The van der Waals surface area contributed by atoms with Gasteiger partial charge in [-0.05, 0) is 67.6 Å². The van der Waals surface area contributed by atoms with Gasteiger partial charge in [0.25, 0.3) is 0 Å². The van der Waals surface area contributed by atoms with Gasteiger partial charge in [0.2, 0.25) is 0 Å². The Hall–Kier alpha value is -3.54. The maximum absolute atomic E-state index is 12.7. The summed E-state index contributed by atoms with van der Waals surface area (Å²) >= 11 is 0. The molecule has 0 spiro atoms. The minimum atomic E-state index is -0.202. The van der Waals surface area contributed by atoms with Crippen LogP contribution in [0.15, 0.2) is 72.9 Å². The van der Waals surface area contributed by atoms with E-state index >= 15 is 0 Å². The van der Waals surface area contributed by atoms with Crippen LogP contribution >= 0.6 is 0 Å². The monoisotopic (exact) mass is 487 g/mol. The smallest absolute Gasteiger partial charge is 0.410 e. The molecule has 1 aliphatic heterocycles. The Balaban J connectivity index is 1.51. The highest BCUT2D eigenvalue weighted by atomic mass is 16.6. The zero-order valence-corrected chi connectivity index (χ0v) is 21.8. The fourth-order valence-corrected chi connectivity index (χ4v) is 4.47. The number of ether oxygens (including phenoxy) is 2. The Morgan fingerprint density at radius 3 is 2.36 bits per heavy atom. The van der Waals surface area contributed by atoms with Crippen LogP contribution < -0.4 is 9.64 Å². The Morgan fingerprint density at radius 1 is 1.03 bits per heavy atom. The summed E-state index contributed by atoms with van der Waals surface area (Å²) in [5.41, 5.74) is 4.42. The molecule has 0 N–H and O–H groups in total. The standard InChI is InChI=1S/C30H37N3O3/c1-22(2)23(3)36-30(34)32-18-15-27(16-19-32)33(26-10-12-28(35-4)13-11-26)21-24-14-17-31-29(20-24)25-8-6-5-7-9-25/h5-14,17,20,22-23,27H,15-16,18-19,21H2,1-4H3. The van der Waals surface area contributed by atoms with Crippen molar-refractivity contribution in [2.75, 3.05) is 25.1 Å². The molecule has 0 aliphatic carbocycles. The molecule has 1 atom stereocenters. The van der Waals surface area contributed by atoms with Crippen LogP contribution in [0, 0.1) is 5.92 Å². The average Bonchev–Trinajstić information content (AvgIpc) is 2.92. The van der Waals surface area contributed by atoms with Gasteiger partial charge in [-0.2, -0.15) is 0 Å². The second-order valence-corrected chi connectivity index (χ2v) is 9.79. The molecule has 1 saturated heterocycles. The van der Waals surface area contributed by atoms with Crippen molar-refractivity contribution >= 4 is 11.8 Å². The van der Waals surface area contributed by atoms with Crippen molar-refractivity contribution in [1.82, 2.24) is 9.88 Å². The molecule has 2 aromatic carbocycles. The highest BCUT2D eigenvalue weighted by molar-refractivity contribution is 5.68. The first-order valence-electron chi connectivity index (χ1n) is 12.8. The van der Waals surface area contributed by atoms with Gasteiger partial charge in [-0.15, -0.1) is 0 Å². The zero-order valence-electron chi connectivity index (χ0n) is 21.8. The molecule has 0 bridgehead atoms. The second-order valence-electron chi connectivity index (χ2n) is 9.79. The lowest BCUT2D eigenvalue weighted by atomic mass is 10.0. The highest BCUT2D eigenvalue weighted by Crippen LogP contribution is 2.29. The molecule has 1 amide bonds. The number of aromatic nitrogens is 1. The first-order chi connectivity index (χ1) is 17.4. The molecule has 1 aromatic heterocycles. The zero-order chi connectivity index (χ0) is 25.5. The summed E-state index contributed by atoms with van der Waals surface area (Å²) in [6, 6.07) is 23.1. The minimum absolute atomic E-state index is 0.0866. The van der Waals surface area contributed by atoms with Gasteiger partial charge >= 0.3 is 6.09 Å². The number of rotatable bonds is 8. The van der Waals surface area contributed by atoms with E-state index in [1.807, 2.05) is 48.4 Å². The van der Waals surface area contributed by atoms with Crippen molar-refractivity contribution in [2.24, 2.45) is 5.92 Å². The van der Waals surface area contributed by atoms with E-state index in [0.29, 0.717) is 25.0 Å². The summed E-state index contributed by atoms with van der Waals surface area (Å²) in [7, 11) is 1.68. The van der Waals surface area contributed by atoms with Gasteiger partial charge in [0.05, 0.1) is 12.8 Å². The molecule has 2 heterocycles. The molecule has 3 aromatic rings. The fourth-order valence-electron chi connectivity index (χ4n) is 4.47. The van der Waals surface area contributed by atoms with E-state index in [2.05, 4.69) is 60.1 Å². The van der Waals surface area contributed by atoms with E-state index in [9.17, 15) is 4.79 Å². The van der Waals surface area contributed by atoms with Crippen LogP contribution in [0.25, 0.3) is 11.3 Å². The number of anilines is 1. The van der Waals surface area contributed by atoms with Crippen LogP contribution in [0.4, 0.5) is 10.5 Å². The van der Waals surface area contributed by atoms with Crippen molar-refractivity contribution in [2.45, 2.75) is 52.3 Å². The van der Waals surface area contributed by atoms with Crippen LogP contribution in [0.3, 0.4) is 0 Å². The van der Waals surface area contributed by atoms with Crippen LogP contribution in [0.5, 0.6) is 5.75 Å². The number of amides is 1. The third-order valence-electron chi connectivity index (χ3n) is 7.04. The van der Waals surface area contributed by atoms with E-state index in [1.165, 1.54) is 5.56 Å². The number of methoxy groups -OCH3 is 1. The van der Waals surface area contributed by atoms with Gasteiger partial charge in [0.15, 0.2) is 0 Å². The van der Waals surface area contributed by atoms with Gasteiger partial charge in [0.1, 0.15) is 11.9 Å². The Morgan fingerprint density at radius 2 is 1.72 bits per heavy atom. The molecule has 1 fully saturated rings. The van der Waals surface area contributed by atoms with E-state index in [-0.39, 0.29) is 12.2 Å². The largest absolute Gasteiger partial charge is 0.497 e. The summed E-state index contributed by atoms with van der Waals surface area (Å²) in [4.78, 5) is 21.6. The predicted octanol–water partition coefficient (Wildman–Crippen LogP) is 6.41. The van der Waals surface area contributed by atoms with Crippen molar-refractivity contribution in [1.29, 1.82) is 0 Å². The fraction of sp³-hybridized carbons (Fsp3) is 0.400. The van der Waals surface area contributed by atoms with Crippen LogP contribution in [0.2, 0.25) is 0 Å². The summed E-state index contributed by atoms with van der Waals surface area (Å²) in [6.07, 6.45) is 3.36. The Bertz CT molecular complexity index is 1110. The number of hydrogen-bond donors (Lipinski definition) is 0. The average molecular weight is 488 g/mol. The van der Waals surface area contributed by atoms with E-state index < -0.39 is 0 Å².